The molecule has 1 rings (SSSR count). The van der Waals surface area contributed by atoms with Crippen LogP contribution in [0, 0.1) is 5.92 Å². The summed E-state index contributed by atoms with van der Waals surface area (Å²) in [5, 5.41) is 2.98. The Kier molecular flexibility index (Phi) is 5.69. The molecule has 0 saturated heterocycles. The second-order valence-electron chi connectivity index (χ2n) is 4.38. The van der Waals surface area contributed by atoms with Gasteiger partial charge in [0.2, 0.25) is 5.91 Å². The van der Waals surface area contributed by atoms with Crippen LogP contribution in [-0.4, -0.2) is 22.4 Å². The van der Waals surface area contributed by atoms with E-state index in [1.54, 1.807) is 12.4 Å². The van der Waals surface area contributed by atoms with Crippen molar-refractivity contribution in [1.82, 2.24) is 15.3 Å². The monoisotopic (exact) mass is 238 g/mol. The number of aromatic nitrogens is 2. The zero-order chi connectivity index (χ0) is 12.7. The summed E-state index contributed by atoms with van der Waals surface area (Å²) in [6, 6.07) is -0.0225. The number of hydrogen-bond acceptors (Lipinski definition) is 3. The van der Waals surface area contributed by atoms with Crippen LogP contribution in [0.3, 0.4) is 0 Å². The molecule has 4 N–H and O–H groups in total. The predicted molar refractivity (Wildman–Crippen MR) is 67.2 cm³/mol. The molecule has 0 aliphatic carbocycles. The van der Waals surface area contributed by atoms with Crippen LogP contribution in [-0.2, 0) is 4.79 Å². The van der Waals surface area contributed by atoms with Gasteiger partial charge in [-0.05, 0) is 25.3 Å². The van der Waals surface area contributed by atoms with Crippen molar-refractivity contribution in [2.24, 2.45) is 11.7 Å². The maximum atomic E-state index is 11.7. The van der Waals surface area contributed by atoms with Gasteiger partial charge in [0.15, 0.2) is 0 Å². The van der Waals surface area contributed by atoms with E-state index < -0.39 is 0 Å². The maximum Gasteiger partial charge on any atom is 0.220 e. The molecule has 1 aromatic heterocycles. The lowest BCUT2D eigenvalue weighted by atomic mass is 10.1. The first-order chi connectivity index (χ1) is 8.17. The molecule has 0 fully saturated rings. The van der Waals surface area contributed by atoms with E-state index in [9.17, 15) is 4.79 Å². The lowest BCUT2D eigenvalue weighted by Gasteiger charge is -2.15. The quantitative estimate of drug-likeness (QED) is 0.670. The number of nitrogens with two attached hydrogens (primary N) is 1. The Hall–Kier alpha value is -1.36. The molecule has 0 radical (unpaired) electrons. The van der Waals surface area contributed by atoms with Gasteiger partial charge in [-0.3, -0.25) is 4.79 Å². The third-order valence-electron chi connectivity index (χ3n) is 2.86. The second-order valence-corrected chi connectivity index (χ2v) is 4.38. The molecule has 0 aromatic carbocycles. The molecule has 0 spiro atoms. The number of carbonyl (C=O) groups excluding carboxylic acids is 1. The van der Waals surface area contributed by atoms with E-state index in [-0.39, 0.29) is 11.9 Å². The van der Waals surface area contributed by atoms with Crippen molar-refractivity contribution in [1.29, 1.82) is 0 Å². The zero-order valence-corrected chi connectivity index (χ0v) is 10.6. The fourth-order valence-electron chi connectivity index (χ4n) is 1.59. The van der Waals surface area contributed by atoms with E-state index in [1.807, 2.05) is 6.92 Å². The number of nitrogens with one attached hydrogen (secondary N) is 2. The molecular weight excluding hydrogens is 216 g/mol. The number of H-pyrrole nitrogens is 1. The Labute approximate surface area is 102 Å². The van der Waals surface area contributed by atoms with Crippen LogP contribution < -0.4 is 11.1 Å². The van der Waals surface area contributed by atoms with E-state index in [1.165, 1.54) is 0 Å². The van der Waals surface area contributed by atoms with Crippen molar-refractivity contribution in [3.63, 3.8) is 0 Å². The smallest absolute Gasteiger partial charge is 0.220 e. The Balaban J connectivity index is 2.38. The van der Waals surface area contributed by atoms with Crippen LogP contribution in [0.15, 0.2) is 12.4 Å². The number of amides is 1. The average Bonchev–Trinajstić information content (AvgIpc) is 2.86. The van der Waals surface area contributed by atoms with Gasteiger partial charge < -0.3 is 16.0 Å². The summed E-state index contributed by atoms with van der Waals surface area (Å²) in [5.41, 5.74) is 5.52. The summed E-state index contributed by atoms with van der Waals surface area (Å²) < 4.78 is 0. The summed E-state index contributed by atoms with van der Waals surface area (Å²) in [6.07, 6.45) is 5.64. The summed E-state index contributed by atoms with van der Waals surface area (Å²) in [6.45, 7) is 4.70. The van der Waals surface area contributed by atoms with Crippen LogP contribution >= 0.6 is 0 Å². The van der Waals surface area contributed by atoms with Gasteiger partial charge in [0.25, 0.3) is 0 Å². The number of rotatable bonds is 7. The number of nitrogens with zero attached hydrogens (tertiary/aromatic N) is 1. The number of carbonyl (C=O) groups is 1. The van der Waals surface area contributed by atoms with Gasteiger partial charge in [-0.1, -0.05) is 13.8 Å². The normalized spacial score (nSPS) is 14.3. The minimum absolute atomic E-state index is 0.0225. The molecular formula is C12H22N4O. The average molecular weight is 238 g/mol. The minimum Gasteiger partial charge on any atom is -0.347 e. The maximum absolute atomic E-state index is 11.7. The molecule has 1 amide bonds. The van der Waals surface area contributed by atoms with E-state index >= 15 is 0 Å². The summed E-state index contributed by atoms with van der Waals surface area (Å²) in [7, 11) is 0. The van der Waals surface area contributed by atoms with Crippen molar-refractivity contribution >= 4 is 5.91 Å². The molecule has 2 atom stereocenters. The van der Waals surface area contributed by atoms with Crippen molar-refractivity contribution in [3.05, 3.63) is 18.2 Å². The number of hydrogen-bond donors (Lipinski definition) is 3. The molecule has 2 unspecified atom stereocenters. The van der Waals surface area contributed by atoms with Gasteiger partial charge in [-0.25, -0.2) is 4.98 Å². The van der Waals surface area contributed by atoms with Gasteiger partial charge in [-0.15, -0.1) is 0 Å². The number of imidazole rings is 1. The van der Waals surface area contributed by atoms with E-state index in [0.29, 0.717) is 18.9 Å². The van der Waals surface area contributed by atoms with Gasteiger partial charge in [0.1, 0.15) is 5.82 Å². The van der Waals surface area contributed by atoms with Crippen LogP contribution in [0.1, 0.15) is 45.0 Å². The molecule has 17 heavy (non-hydrogen) atoms. The van der Waals surface area contributed by atoms with Gasteiger partial charge in [-0.2, -0.15) is 0 Å². The van der Waals surface area contributed by atoms with Crippen LogP contribution in [0.2, 0.25) is 0 Å². The topological polar surface area (TPSA) is 83.8 Å². The van der Waals surface area contributed by atoms with E-state index in [2.05, 4.69) is 22.2 Å². The molecule has 0 saturated carbocycles. The molecule has 5 nitrogen and oxygen atoms in total. The summed E-state index contributed by atoms with van der Waals surface area (Å²) >= 11 is 0. The fourth-order valence-corrected chi connectivity index (χ4v) is 1.59. The first-order valence-electron chi connectivity index (χ1n) is 6.16. The SMILES string of the molecule is CCC(NC(=O)CCC(C)CN)c1ncc[nH]1. The molecule has 96 valence electrons. The van der Waals surface area contributed by atoms with Crippen molar-refractivity contribution in [3.8, 4) is 0 Å². The van der Waals surface area contributed by atoms with Gasteiger partial charge in [0.05, 0.1) is 6.04 Å². The van der Waals surface area contributed by atoms with E-state index in [4.69, 9.17) is 5.73 Å². The molecule has 5 heteroatoms. The van der Waals surface area contributed by atoms with Crippen LogP contribution in [0.5, 0.6) is 0 Å². The highest BCUT2D eigenvalue weighted by atomic mass is 16.1. The first kappa shape index (κ1) is 13.7. The molecule has 1 aromatic rings. The van der Waals surface area contributed by atoms with Crippen molar-refractivity contribution < 1.29 is 4.79 Å². The van der Waals surface area contributed by atoms with Gasteiger partial charge in [0, 0.05) is 18.8 Å². The summed E-state index contributed by atoms with van der Waals surface area (Å²) in [5.74, 6) is 1.27. The minimum atomic E-state index is -0.0225. The molecule has 0 aliphatic heterocycles. The van der Waals surface area contributed by atoms with Gasteiger partial charge >= 0.3 is 0 Å². The molecule has 0 bridgehead atoms. The van der Waals surface area contributed by atoms with E-state index in [0.717, 1.165) is 18.7 Å². The van der Waals surface area contributed by atoms with Crippen molar-refractivity contribution in [2.75, 3.05) is 6.54 Å². The first-order valence-corrected chi connectivity index (χ1v) is 6.16. The lowest BCUT2D eigenvalue weighted by molar-refractivity contribution is -0.122. The largest absolute Gasteiger partial charge is 0.347 e. The summed E-state index contributed by atoms with van der Waals surface area (Å²) in [4.78, 5) is 18.9. The third kappa shape index (κ3) is 4.56. The zero-order valence-electron chi connectivity index (χ0n) is 10.6. The highest BCUT2D eigenvalue weighted by molar-refractivity contribution is 5.76. The molecule has 0 aliphatic rings. The second kappa shape index (κ2) is 7.06. The van der Waals surface area contributed by atoms with Crippen LogP contribution in [0.25, 0.3) is 0 Å². The van der Waals surface area contributed by atoms with Crippen LogP contribution in [0.4, 0.5) is 0 Å². The Morgan fingerprint density at radius 1 is 1.65 bits per heavy atom. The van der Waals surface area contributed by atoms with Crippen molar-refractivity contribution in [2.45, 2.75) is 39.2 Å². The Morgan fingerprint density at radius 3 is 2.94 bits per heavy atom. The Morgan fingerprint density at radius 2 is 2.41 bits per heavy atom. The Bertz CT molecular complexity index is 323. The number of aromatic amines is 1. The standard InChI is InChI=1S/C12H22N4O/c1-3-10(12-14-6-7-15-12)16-11(17)5-4-9(2)8-13/h6-7,9-10H,3-5,8,13H2,1-2H3,(H,14,15)(H,16,17). The highest BCUT2D eigenvalue weighted by Gasteiger charge is 2.14. The molecule has 1 heterocycles. The predicted octanol–water partition coefficient (Wildman–Crippen LogP) is 1.35. The lowest BCUT2D eigenvalue weighted by Crippen LogP contribution is -2.29. The highest BCUT2D eigenvalue weighted by Crippen LogP contribution is 2.12. The third-order valence-corrected chi connectivity index (χ3v) is 2.86. The fraction of sp³-hybridized carbons (Fsp3) is 0.667.